The van der Waals surface area contributed by atoms with Gasteiger partial charge in [0, 0.05) is 0 Å². The first-order valence-corrected chi connectivity index (χ1v) is 9.94. The van der Waals surface area contributed by atoms with Gasteiger partial charge in [0.25, 0.3) is 0 Å². The van der Waals surface area contributed by atoms with Crippen LogP contribution < -0.4 is 0 Å². The number of rotatable bonds is 2. The standard InChI is InChI=1S/C22H32O2/c1-14(20(23)24)17-9-10-18-16-8-7-15-6-4-5-12-21(15,2)19(16)11-13-22(17,18)3/h4-5,9-10,14-19H,6-8,11-13H2,1-3H3,(H,23,24)/t14-,15+,16-,17+,18-,19-,21-,22+/m0/s1. The third-order valence-corrected chi connectivity index (χ3v) is 8.72. The van der Waals surface area contributed by atoms with Gasteiger partial charge in [0.15, 0.2) is 0 Å². The maximum absolute atomic E-state index is 11.6. The second-order valence-electron chi connectivity index (χ2n) is 9.57. The molecule has 2 nitrogen and oxygen atoms in total. The van der Waals surface area contributed by atoms with Crippen molar-refractivity contribution in [1.29, 1.82) is 0 Å². The van der Waals surface area contributed by atoms with Crippen LogP contribution >= 0.6 is 0 Å². The lowest BCUT2D eigenvalue weighted by atomic mass is 9.45. The summed E-state index contributed by atoms with van der Waals surface area (Å²) in [5, 5.41) is 9.53. The molecule has 0 radical (unpaired) electrons. The number of hydrogen-bond donors (Lipinski definition) is 1. The molecule has 4 rings (SSSR count). The van der Waals surface area contributed by atoms with E-state index in [1.807, 2.05) is 6.92 Å². The Balaban J connectivity index is 1.63. The summed E-state index contributed by atoms with van der Waals surface area (Å²) in [6.07, 6.45) is 17.2. The molecule has 0 saturated heterocycles. The van der Waals surface area contributed by atoms with Crippen LogP contribution in [0.15, 0.2) is 24.3 Å². The highest BCUT2D eigenvalue weighted by Gasteiger charge is 2.58. The van der Waals surface area contributed by atoms with Crippen LogP contribution in [0.1, 0.15) is 59.3 Å². The summed E-state index contributed by atoms with van der Waals surface area (Å²) in [5.41, 5.74) is 0.635. The van der Waals surface area contributed by atoms with Crippen LogP contribution in [0.5, 0.6) is 0 Å². The van der Waals surface area contributed by atoms with Crippen molar-refractivity contribution in [3.05, 3.63) is 24.3 Å². The van der Waals surface area contributed by atoms with Crippen LogP contribution in [-0.4, -0.2) is 11.1 Å². The molecule has 0 aliphatic heterocycles. The lowest BCUT2D eigenvalue weighted by Crippen LogP contribution is -2.53. The van der Waals surface area contributed by atoms with Crippen LogP contribution in [0.2, 0.25) is 0 Å². The van der Waals surface area contributed by atoms with Crippen molar-refractivity contribution >= 4 is 5.97 Å². The smallest absolute Gasteiger partial charge is 0.306 e. The molecule has 0 amide bonds. The van der Waals surface area contributed by atoms with Crippen molar-refractivity contribution in [2.75, 3.05) is 0 Å². The van der Waals surface area contributed by atoms with Gasteiger partial charge in [-0.15, -0.1) is 0 Å². The first-order valence-electron chi connectivity index (χ1n) is 9.94. The molecule has 4 aliphatic carbocycles. The van der Waals surface area contributed by atoms with Gasteiger partial charge >= 0.3 is 5.97 Å². The zero-order valence-corrected chi connectivity index (χ0v) is 15.4. The Hall–Kier alpha value is -1.05. The van der Waals surface area contributed by atoms with E-state index in [-0.39, 0.29) is 17.3 Å². The predicted octanol–water partition coefficient (Wildman–Crippen LogP) is 5.31. The zero-order chi connectivity index (χ0) is 17.1. The molecule has 0 heterocycles. The third kappa shape index (κ3) is 2.10. The highest BCUT2D eigenvalue weighted by molar-refractivity contribution is 5.70. The second kappa shape index (κ2) is 5.47. The van der Waals surface area contributed by atoms with Gasteiger partial charge in [-0.2, -0.15) is 0 Å². The number of carbonyl (C=O) groups is 1. The number of allylic oxidation sites excluding steroid dienone is 4. The minimum Gasteiger partial charge on any atom is -0.481 e. The molecule has 132 valence electrons. The highest BCUT2D eigenvalue weighted by Crippen LogP contribution is 2.66. The van der Waals surface area contributed by atoms with Gasteiger partial charge in [-0.3, -0.25) is 4.79 Å². The molecular formula is C22H32O2. The quantitative estimate of drug-likeness (QED) is 0.698. The molecule has 0 aromatic carbocycles. The Morgan fingerprint density at radius 2 is 1.92 bits per heavy atom. The van der Waals surface area contributed by atoms with Gasteiger partial charge in [-0.1, -0.05) is 45.1 Å². The Kier molecular flexibility index (Phi) is 3.75. The van der Waals surface area contributed by atoms with Crippen molar-refractivity contribution in [3.8, 4) is 0 Å². The largest absolute Gasteiger partial charge is 0.481 e. The Morgan fingerprint density at radius 3 is 2.67 bits per heavy atom. The molecule has 1 N–H and O–H groups in total. The van der Waals surface area contributed by atoms with E-state index in [9.17, 15) is 9.90 Å². The summed E-state index contributed by atoms with van der Waals surface area (Å²) in [7, 11) is 0. The first kappa shape index (κ1) is 16.4. The van der Waals surface area contributed by atoms with Crippen molar-refractivity contribution in [2.24, 2.45) is 46.3 Å². The summed E-state index contributed by atoms with van der Waals surface area (Å²) in [4.78, 5) is 11.6. The molecule has 0 aromatic heterocycles. The zero-order valence-electron chi connectivity index (χ0n) is 15.4. The van der Waals surface area contributed by atoms with Crippen LogP contribution in [0.3, 0.4) is 0 Å². The summed E-state index contributed by atoms with van der Waals surface area (Å²) in [6, 6.07) is 0. The van der Waals surface area contributed by atoms with E-state index in [0.717, 1.165) is 17.8 Å². The molecular weight excluding hydrogens is 296 g/mol. The Morgan fingerprint density at radius 1 is 1.12 bits per heavy atom. The molecule has 2 heteroatoms. The normalized spacial score (nSPS) is 50.7. The first-order chi connectivity index (χ1) is 11.4. The maximum atomic E-state index is 11.6. The SMILES string of the molecule is C[C@H](C(=O)O)[C@H]1C=C[C@H]2[C@@H]3CC[C@H]4CC=CC[C@]4(C)[C@H]3CC[C@]12C. The fraction of sp³-hybridized carbons (Fsp3) is 0.773. The molecule has 2 saturated carbocycles. The monoisotopic (exact) mass is 328 g/mol. The fourth-order valence-corrected chi connectivity index (χ4v) is 7.22. The number of carboxylic acids is 1. The van der Waals surface area contributed by atoms with Crippen LogP contribution in [-0.2, 0) is 4.79 Å². The van der Waals surface area contributed by atoms with Crippen molar-refractivity contribution in [2.45, 2.75) is 59.3 Å². The number of fused-ring (bicyclic) bond motifs is 5. The van der Waals surface area contributed by atoms with E-state index >= 15 is 0 Å². The van der Waals surface area contributed by atoms with Crippen LogP contribution in [0, 0.1) is 46.3 Å². The van der Waals surface area contributed by atoms with Gasteiger partial charge in [0.05, 0.1) is 5.92 Å². The van der Waals surface area contributed by atoms with Crippen molar-refractivity contribution in [3.63, 3.8) is 0 Å². The van der Waals surface area contributed by atoms with Gasteiger partial charge < -0.3 is 5.11 Å². The van der Waals surface area contributed by atoms with Crippen molar-refractivity contribution < 1.29 is 9.90 Å². The molecule has 8 atom stereocenters. The lowest BCUT2D eigenvalue weighted by molar-refractivity contribution is -0.146. The summed E-state index contributed by atoms with van der Waals surface area (Å²) in [5.74, 6) is 2.34. The minimum absolute atomic E-state index is 0.159. The number of aliphatic carboxylic acids is 1. The highest BCUT2D eigenvalue weighted by atomic mass is 16.4. The van der Waals surface area contributed by atoms with E-state index in [4.69, 9.17) is 0 Å². The molecule has 24 heavy (non-hydrogen) atoms. The molecule has 0 aromatic rings. The van der Waals surface area contributed by atoms with Gasteiger partial charge in [0.2, 0.25) is 0 Å². The summed E-state index contributed by atoms with van der Waals surface area (Å²) >= 11 is 0. The Bertz CT molecular complexity index is 591. The topological polar surface area (TPSA) is 37.3 Å². The van der Waals surface area contributed by atoms with Gasteiger partial charge in [-0.25, -0.2) is 0 Å². The average molecular weight is 328 g/mol. The molecule has 0 bridgehead atoms. The van der Waals surface area contributed by atoms with Gasteiger partial charge in [-0.05, 0) is 78.9 Å². The summed E-state index contributed by atoms with van der Waals surface area (Å²) < 4.78 is 0. The molecule has 4 aliphatic rings. The van der Waals surface area contributed by atoms with Crippen LogP contribution in [0.25, 0.3) is 0 Å². The lowest BCUT2D eigenvalue weighted by Gasteiger charge is -2.60. The van der Waals surface area contributed by atoms with Crippen LogP contribution in [0.4, 0.5) is 0 Å². The summed E-state index contributed by atoms with van der Waals surface area (Å²) in [6.45, 7) is 6.84. The second-order valence-corrected chi connectivity index (χ2v) is 9.57. The van der Waals surface area contributed by atoms with E-state index in [2.05, 4.69) is 38.2 Å². The number of carboxylic acid groups (broad SMARTS) is 1. The van der Waals surface area contributed by atoms with E-state index in [0.29, 0.717) is 11.3 Å². The predicted molar refractivity (Wildman–Crippen MR) is 96.4 cm³/mol. The fourth-order valence-electron chi connectivity index (χ4n) is 7.22. The number of hydrogen-bond acceptors (Lipinski definition) is 1. The Labute approximate surface area is 146 Å². The van der Waals surface area contributed by atoms with Crippen molar-refractivity contribution in [1.82, 2.24) is 0 Å². The average Bonchev–Trinajstić information content (AvgIpc) is 2.90. The molecule has 2 fully saturated rings. The van der Waals surface area contributed by atoms with E-state index in [1.54, 1.807) is 0 Å². The third-order valence-electron chi connectivity index (χ3n) is 8.72. The van der Waals surface area contributed by atoms with Gasteiger partial charge in [0.1, 0.15) is 0 Å². The molecule has 0 unspecified atom stereocenters. The van der Waals surface area contributed by atoms with E-state index in [1.165, 1.54) is 38.5 Å². The maximum Gasteiger partial charge on any atom is 0.306 e. The molecule has 0 spiro atoms. The minimum atomic E-state index is -0.637. The van der Waals surface area contributed by atoms with E-state index < -0.39 is 5.97 Å².